The Morgan fingerprint density at radius 3 is 2.71 bits per heavy atom. The molecule has 1 amide bonds. The molecule has 1 aliphatic carbocycles. The molecule has 1 fully saturated rings. The molecule has 0 aromatic carbocycles. The third-order valence-electron chi connectivity index (χ3n) is 3.01. The van der Waals surface area contributed by atoms with Crippen molar-refractivity contribution in [3.8, 4) is 0 Å². The van der Waals surface area contributed by atoms with E-state index in [9.17, 15) is 4.79 Å². The van der Waals surface area contributed by atoms with Crippen LogP contribution in [-0.2, 0) is 4.79 Å². The second kappa shape index (κ2) is 3.03. The van der Waals surface area contributed by atoms with E-state index in [4.69, 9.17) is 34.8 Å². The molecule has 2 nitrogen and oxygen atoms in total. The topological polar surface area (TPSA) is 20.3 Å². The fourth-order valence-corrected chi connectivity index (χ4v) is 2.15. The molecule has 2 unspecified atom stereocenters. The minimum atomic E-state index is -1.84. The van der Waals surface area contributed by atoms with Gasteiger partial charge in [-0.05, 0) is 17.8 Å². The number of carbonyl (C=O) groups excluding carboxylic acids is 1. The molecule has 1 heterocycles. The molecule has 2 aliphatic rings. The van der Waals surface area contributed by atoms with E-state index in [2.05, 4.69) is 6.92 Å². The summed E-state index contributed by atoms with van der Waals surface area (Å²) in [4.78, 5) is 13.1. The molecule has 2 atom stereocenters. The zero-order valence-electron chi connectivity index (χ0n) is 7.64. The molecule has 0 N–H and O–H groups in total. The SMILES string of the molecule is CC12C=CN(C(=O)C(Cl)(Cl)Cl)CC1C2. The zero-order valence-corrected chi connectivity index (χ0v) is 9.90. The predicted molar refractivity (Wildman–Crippen MR) is 57.4 cm³/mol. The van der Waals surface area contributed by atoms with Crippen LogP contribution in [-0.4, -0.2) is 21.1 Å². The molecule has 2 rings (SSSR count). The molecule has 0 aromatic heterocycles. The molecule has 14 heavy (non-hydrogen) atoms. The third-order valence-corrected chi connectivity index (χ3v) is 3.50. The monoisotopic (exact) mass is 253 g/mol. The summed E-state index contributed by atoms with van der Waals surface area (Å²) in [7, 11) is 0. The second-order valence-corrected chi connectivity index (χ2v) is 6.46. The fourth-order valence-electron chi connectivity index (χ4n) is 1.82. The largest absolute Gasteiger partial charge is 0.315 e. The van der Waals surface area contributed by atoms with E-state index >= 15 is 0 Å². The normalized spacial score (nSPS) is 35.4. The summed E-state index contributed by atoms with van der Waals surface area (Å²) in [6.45, 7) is 2.84. The number of hydrogen-bond donors (Lipinski definition) is 0. The van der Waals surface area contributed by atoms with Gasteiger partial charge in [-0.15, -0.1) is 0 Å². The Kier molecular flexibility index (Phi) is 2.30. The minimum absolute atomic E-state index is 0.282. The molecule has 1 aliphatic heterocycles. The van der Waals surface area contributed by atoms with Gasteiger partial charge in [0.1, 0.15) is 0 Å². The van der Waals surface area contributed by atoms with Crippen molar-refractivity contribution >= 4 is 40.7 Å². The lowest BCUT2D eigenvalue weighted by atomic mass is 10.0. The summed E-state index contributed by atoms with van der Waals surface area (Å²) < 4.78 is -1.84. The summed E-state index contributed by atoms with van der Waals surface area (Å²) in [5.41, 5.74) is 0.282. The van der Waals surface area contributed by atoms with Crippen LogP contribution in [0, 0.1) is 11.3 Å². The first-order valence-corrected chi connectivity index (χ1v) is 5.53. The van der Waals surface area contributed by atoms with Gasteiger partial charge < -0.3 is 4.90 Å². The first kappa shape index (κ1) is 10.6. The number of allylic oxidation sites excluding steroid dienone is 1. The number of fused-ring (bicyclic) bond motifs is 1. The molecular formula is C9H10Cl3NO. The van der Waals surface area contributed by atoms with Gasteiger partial charge in [0.15, 0.2) is 0 Å². The third kappa shape index (κ3) is 1.75. The van der Waals surface area contributed by atoms with Gasteiger partial charge in [0.2, 0.25) is 0 Å². The molecule has 1 saturated carbocycles. The van der Waals surface area contributed by atoms with E-state index in [1.807, 2.05) is 6.08 Å². The smallest absolute Gasteiger partial charge is 0.278 e. The van der Waals surface area contributed by atoms with Gasteiger partial charge in [-0.25, -0.2) is 0 Å². The van der Waals surface area contributed by atoms with Crippen molar-refractivity contribution in [2.24, 2.45) is 11.3 Å². The van der Waals surface area contributed by atoms with E-state index in [-0.39, 0.29) is 5.41 Å². The number of halogens is 3. The Morgan fingerprint density at radius 2 is 2.21 bits per heavy atom. The highest BCUT2D eigenvalue weighted by atomic mass is 35.6. The van der Waals surface area contributed by atoms with Gasteiger partial charge in [0.05, 0.1) is 0 Å². The highest BCUT2D eigenvalue weighted by molar-refractivity contribution is 6.76. The standard InChI is InChI=1S/C9H10Cl3NO/c1-8-2-3-13(5-6(8)4-8)7(14)9(10,11)12/h2-3,6H,4-5H2,1H3. The molecule has 0 saturated heterocycles. The van der Waals surface area contributed by atoms with Crippen LogP contribution in [0.15, 0.2) is 12.3 Å². The Morgan fingerprint density at radius 1 is 1.57 bits per heavy atom. The van der Waals surface area contributed by atoms with E-state index in [1.54, 1.807) is 6.20 Å². The summed E-state index contributed by atoms with van der Waals surface area (Å²) >= 11 is 16.6. The van der Waals surface area contributed by atoms with Crippen LogP contribution < -0.4 is 0 Å². The van der Waals surface area contributed by atoms with Gasteiger partial charge in [0, 0.05) is 12.7 Å². The van der Waals surface area contributed by atoms with Crippen molar-refractivity contribution in [3.63, 3.8) is 0 Å². The number of rotatable bonds is 0. The average molecular weight is 255 g/mol. The van der Waals surface area contributed by atoms with Crippen molar-refractivity contribution in [1.82, 2.24) is 4.90 Å². The maximum absolute atomic E-state index is 11.6. The molecule has 0 radical (unpaired) electrons. The molecule has 0 bridgehead atoms. The maximum atomic E-state index is 11.6. The van der Waals surface area contributed by atoms with E-state index in [1.165, 1.54) is 4.90 Å². The van der Waals surface area contributed by atoms with Gasteiger partial charge in [0.25, 0.3) is 9.70 Å². The second-order valence-electron chi connectivity index (χ2n) is 4.18. The molecular weight excluding hydrogens is 244 g/mol. The van der Waals surface area contributed by atoms with Gasteiger partial charge in [-0.2, -0.15) is 0 Å². The van der Waals surface area contributed by atoms with Crippen molar-refractivity contribution in [3.05, 3.63) is 12.3 Å². The Balaban J connectivity index is 2.09. The summed E-state index contributed by atoms with van der Waals surface area (Å²) in [5, 5.41) is 0. The summed E-state index contributed by atoms with van der Waals surface area (Å²) in [6.07, 6.45) is 4.87. The van der Waals surface area contributed by atoms with Crippen molar-refractivity contribution in [2.45, 2.75) is 17.1 Å². The van der Waals surface area contributed by atoms with Crippen LogP contribution in [0.25, 0.3) is 0 Å². The number of amides is 1. The lowest BCUT2D eigenvalue weighted by molar-refractivity contribution is -0.128. The van der Waals surface area contributed by atoms with Crippen molar-refractivity contribution in [2.75, 3.05) is 6.54 Å². The number of carbonyl (C=O) groups is 1. The number of nitrogens with zero attached hydrogens (tertiary/aromatic N) is 1. The first-order chi connectivity index (χ1) is 6.33. The maximum Gasteiger partial charge on any atom is 0.278 e. The Hall–Kier alpha value is 0.0800. The van der Waals surface area contributed by atoms with Crippen LogP contribution >= 0.6 is 34.8 Å². The van der Waals surface area contributed by atoms with Gasteiger partial charge >= 0.3 is 0 Å². The first-order valence-electron chi connectivity index (χ1n) is 4.40. The van der Waals surface area contributed by atoms with Crippen molar-refractivity contribution < 1.29 is 4.79 Å². The summed E-state index contributed by atoms with van der Waals surface area (Å²) in [5.74, 6) is 0.0662. The van der Waals surface area contributed by atoms with E-state index in [0.29, 0.717) is 12.5 Å². The molecule has 0 aromatic rings. The lowest BCUT2D eigenvalue weighted by Crippen LogP contribution is -2.38. The van der Waals surface area contributed by atoms with E-state index < -0.39 is 9.70 Å². The van der Waals surface area contributed by atoms with Crippen LogP contribution in [0.2, 0.25) is 0 Å². The molecule has 0 spiro atoms. The Labute approximate surface area is 97.8 Å². The quantitative estimate of drug-likeness (QED) is 0.609. The van der Waals surface area contributed by atoms with Crippen LogP contribution in [0.3, 0.4) is 0 Å². The minimum Gasteiger partial charge on any atom is -0.315 e. The van der Waals surface area contributed by atoms with Crippen molar-refractivity contribution in [1.29, 1.82) is 0 Å². The number of hydrogen-bond acceptors (Lipinski definition) is 1. The van der Waals surface area contributed by atoms with Crippen LogP contribution in [0.1, 0.15) is 13.3 Å². The zero-order chi connectivity index (χ0) is 10.6. The highest BCUT2D eigenvalue weighted by Crippen LogP contribution is 2.55. The van der Waals surface area contributed by atoms with Crippen LogP contribution in [0.5, 0.6) is 0 Å². The van der Waals surface area contributed by atoms with Gasteiger partial charge in [-0.1, -0.05) is 47.8 Å². The highest BCUT2D eigenvalue weighted by Gasteiger charge is 2.52. The molecule has 78 valence electrons. The Bertz CT molecular complexity index is 310. The molecule has 5 heteroatoms. The van der Waals surface area contributed by atoms with E-state index in [0.717, 1.165) is 6.42 Å². The fraction of sp³-hybridized carbons (Fsp3) is 0.667. The lowest BCUT2D eigenvalue weighted by Gasteiger charge is -2.26. The average Bonchev–Trinajstić information content (AvgIpc) is 2.72. The van der Waals surface area contributed by atoms with Gasteiger partial charge in [-0.3, -0.25) is 4.79 Å². The number of alkyl halides is 3. The summed E-state index contributed by atoms with van der Waals surface area (Å²) in [6, 6.07) is 0. The van der Waals surface area contributed by atoms with Crippen LogP contribution in [0.4, 0.5) is 0 Å². The predicted octanol–water partition coefficient (Wildman–Crippen LogP) is 2.74.